The quantitative estimate of drug-likeness (QED) is 0.568. The van der Waals surface area contributed by atoms with Crippen molar-refractivity contribution in [3.05, 3.63) is 0 Å². The average molecular weight is 282 g/mol. The van der Waals surface area contributed by atoms with E-state index in [1.807, 2.05) is 13.8 Å². The third kappa shape index (κ3) is 1.94. The number of amides is 4. The number of nitrogens with zero attached hydrogens (tertiary/aromatic N) is 2. The van der Waals surface area contributed by atoms with Crippen molar-refractivity contribution >= 4 is 23.6 Å². The minimum atomic E-state index is -1.98. The number of hydrogen-bond acceptors (Lipinski definition) is 4. The molecule has 6 heteroatoms. The summed E-state index contributed by atoms with van der Waals surface area (Å²) in [6.45, 7) is 8.43. The van der Waals surface area contributed by atoms with Gasteiger partial charge in [0.1, 0.15) is 0 Å². The first-order valence-electron chi connectivity index (χ1n) is 7.17. The third-order valence-electron chi connectivity index (χ3n) is 3.16. The van der Waals surface area contributed by atoms with E-state index >= 15 is 0 Å². The first kappa shape index (κ1) is 16.3. The van der Waals surface area contributed by atoms with Crippen molar-refractivity contribution in [3.8, 4) is 0 Å². The van der Waals surface area contributed by atoms with Crippen LogP contribution in [0.3, 0.4) is 0 Å². The van der Waals surface area contributed by atoms with E-state index in [-0.39, 0.29) is 13.1 Å². The lowest BCUT2D eigenvalue weighted by molar-refractivity contribution is -0.199. The molecule has 2 rings (SSSR count). The molecule has 0 aromatic rings. The Morgan fingerprint density at radius 2 is 0.950 bits per heavy atom. The van der Waals surface area contributed by atoms with Crippen LogP contribution in [0.2, 0.25) is 0 Å². The average Bonchev–Trinajstić information content (AvgIpc) is 2.43. The van der Waals surface area contributed by atoms with Crippen LogP contribution >= 0.6 is 0 Å². The van der Waals surface area contributed by atoms with Gasteiger partial charge < -0.3 is 0 Å². The van der Waals surface area contributed by atoms with E-state index < -0.39 is 29.0 Å². The summed E-state index contributed by atoms with van der Waals surface area (Å²) in [6, 6.07) is 0. The van der Waals surface area contributed by atoms with Gasteiger partial charge in [0.05, 0.1) is 0 Å². The molecule has 0 aliphatic carbocycles. The van der Waals surface area contributed by atoms with E-state index in [0.29, 0.717) is 12.8 Å². The maximum atomic E-state index is 11.8. The van der Waals surface area contributed by atoms with E-state index in [1.54, 1.807) is 0 Å². The van der Waals surface area contributed by atoms with Crippen molar-refractivity contribution in [3.63, 3.8) is 0 Å². The van der Waals surface area contributed by atoms with Crippen LogP contribution < -0.4 is 0 Å². The van der Waals surface area contributed by atoms with E-state index in [4.69, 9.17) is 0 Å². The highest BCUT2D eigenvalue weighted by atomic mass is 16.2. The molecule has 0 aromatic carbocycles. The number of hydrogen-bond donors (Lipinski definition) is 0. The summed E-state index contributed by atoms with van der Waals surface area (Å²) in [6.07, 6.45) is 2.49. The fourth-order valence-corrected chi connectivity index (χ4v) is 2.29. The zero-order valence-corrected chi connectivity index (χ0v) is 12.6. The maximum absolute atomic E-state index is 11.8. The molecule has 2 fully saturated rings. The molecule has 6 nitrogen and oxygen atoms in total. The first-order chi connectivity index (χ1) is 9.44. The Balaban J connectivity index is 0.000000612. The van der Waals surface area contributed by atoms with Crippen LogP contribution in [-0.2, 0) is 19.2 Å². The molecule has 1 spiro atoms. The lowest BCUT2D eigenvalue weighted by Crippen LogP contribution is -2.84. The maximum Gasteiger partial charge on any atom is 0.284 e. The van der Waals surface area contributed by atoms with Gasteiger partial charge in [0, 0.05) is 13.1 Å². The zero-order valence-electron chi connectivity index (χ0n) is 12.6. The van der Waals surface area contributed by atoms with Crippen LogP contribution in [0.1, 0.15) is 47.0 Å². The Morgan fingerprint density at radius 1 is 0.700 bits per heavy atom. The summed E-state index contributed by atoms with van der Waals surface area (Å²) in [7, 11) is 0. The molecule has 20 heavy (non-hydrogen) atoms. The van der Waals surface area contributed by atoms with Gasteiger partial charge in [-0.05, 0) is 12.8 Å². The molecular formula is C14H22N2O4. The summed E-state index contributed by atoms with van der Waals surface area (Å²) in [5.41, 5.74) is -1.98. The Bertz CT molecular complexity index is 369. The fraction of sp³-hybridized carbons (Fsp3) is 0.714. The van der Waals surface area contributed by atoms with Gasteiger partial charge in [0.15, 0.2) is 0 Å². The van der Waals surface area contributed by atoms with Gasteiger partial charge in [-0.15, -0.1) is 0 Å². The fourth-order valence-electron chi connectivity index (χ4n) is 2.29. The van der Waals surface area contributed by atoms with Crippen LogP contribution in [0.5, 0.6) is 0 Å². The third-order valence-corrected chi connectivity index (χ3v) is 3.16. The van der Waals surface area contributed by atoms with Gasteiger partial charge >= 0.3 is 0 Å². The summed E-state index contributed by atoms with van der Waals surface area (Å²) in [5.74, 6) is -2.59. The number of β-lactam (4-membered cyclic amide) rings is 4. The molecule has 0 unspecified atom stereocenters. The Kier molecular flexibility index (Phi) is 5.03. The van der Waals surface area contributed by atoms with Gasteiger partial charge in [-0.2, -0.15) is 0 Å². The smallest absolute Gasteiger partial charge is 0.279 e. The van der Waals surface area contributed by atoms with E-state index in [0.717, 1.165) is 9.80 Å². The second-order valence-electron chi connectivity index (χ2n) is 4.98. The van der Waals surface area contributed by atoms with Crippen molar-refractivity contribution in [2.45, 2.75) is 47.0 Å². The lowest BCUT2D eigenvalue weighted by Gasteiger charge is -2.52. The van der Waals surface area contributed by atoms with Crippen LogP contribution in [0.25, 0.3) is 0 Å². The molecule has 2 heterocycles. The topological polar surface area (TPSA) is 74.8 Å². The van der Waals surface area contributed by atoms with Crippen LogP contribution in [0.15, 0.2) is 0 Å². The van der Waals surface area contributed by atoms with Gasteiger partial charge in [-0.1, -0.05) is 34.1 Å². The number of carbonyl (C=O) groups excluding carboxylic acids is 4. The molecule has 4 amide bonds. The number of rotatable bonds is 4. The summed E-state index contributed by atoms with van der Waals surface area (Å²) >= 11 is 0. The normalized spacial score (nSPS) is 19.6. The SMILES string of the molecule is CCC.CCCN1C(=O)C2(C1=O)C(=O)N(CCC)C2=O. The minimum Gasteiger partial charge on any atom is -0.279 e. The standard InChI is InChI=1S/C11H14N2O4.C3H8/c1-3-5-12-7(14)11(8(12)15)9(16)13(6-4-2)10(11)17;1-3-2/h3-6H2,1-2H3;3H2,1-2H3. The Morgan fingerprint density at radius 3 is 1.15 bits per heavy atom. The number of likely N-dealkylation sites (tertiary alicyclic amines) is 2. The molecule has 0 N–H and O–H groups in total. The molecule has 2 saturated heterocycles. The Labute approximate surface area is 119 Å². The number of imide groups is 2. The van der Waals surface area contributed by atoms with Crippen LogP contribution in [0.4, 0.5) is 0 Å². The van der Waals surface area contributed by atoms with Gasteiger partial charge in [-0.3, -0.25) is 29.0 Å². The van der Waals surface area contributed by atoms with E-state index in [2.05, 4.69) is 13.8 Å². The van der Waals surface area contributed by atoms with Crippen LogP contribution in [0, 0.1) is 5.41 Å². The molecule has 0 saturated carbocycles. The summed E-state index contributed by atoms with van der Waals surface area (Å²) in [5, 5.41) is 0. The molecule has 2 aliphatic rings. The van der Waals surface area contributed by atoms with Gasteiger partial charge in [0.2, 0.25) is 0 Å². The summed E-state index contributed by atoms with van der Waals surface area (Å²) < 4.78 is 0. The Hall–Kier alpha value is -1.72. The predicted molar refractivity (Wildman–Crippen MR) is 72.4 cm³/mol. The highest BCUT2D eigenvalue weighted by Crippen LogP contribution is 2.44. The lowest BCUT2D eigenvalue weighted by atomic mass is 9.68. The van der Waals surface area contributed by atoms with Crippen molar-refractivity contribution in [1.82, 2.24) is 9.80 Å². The van der Waals surface area contributed by atoms with Gasteiger partial charge in [-0.25, -0.2) is 0 Å². The molecule has 0 atom stereocenters. The molecule has 0 aromatic heterocycles. The minimum absolute atomic E-state index is 0.272. The van der Waals surface area contributed by atoms with Crippen molar-refractivity contribution in [2.24, 2.45) is 5.41 Å². The van der Waals surface area contributed by atoms with E-state index in [9.17, 15) is 19.2 Å². The molecule has 0 radical (unpaired) electrons. The molecular weight excluding hydrogens is 260 g/mol. The molecule has 0 bridgehead atoms. The monoisotopic (exact) mass is 282 g/mol. The first-order valence-corrected chi connectivity index (χ1v) is 7.17. The van der Waals surface area contributed by atoms with Crippen molar-refractivity contribution < 1.29 is 19.2 Å². The highest BCUT2D eigenvalue weighted by molar-refractivity contribution is 6.52. The van der Waals surface area contributed by atoms with Crippen LogP contribution in [-0.4, -0.2) is 46.5 Å². The molecule has 2 aliphatic heterocycles. The van der Waals surface area contributed by atoms with Gasteiger partial charge in [0.25, 0.3) is 29.0 Å². The zero-order chi connectivity index (χ0) is 15.5. The largest absolute Gasteiger partial charge is 0.284 e. The van der Waals surface area contributed by atoms with Crippen molar-refractivity contribution in [1.29, 1.82) is 0 Å². The van der Waals surface area contributed by atoms with E-state index in [1.165, 1.54) is 6.42 Å². The predicted octanol–water partition coefficient (Wildman–Crippen LogP) is 0.947. The summed E-state index contributed by atoms with van der Waals surface area (Å²) in [4.78, 5) is 49.1. The second kappa shape index (κ2) is 6.15. The molecule has 112 valence electrons. The second-order valence-corrected chi connectivity index (χ2v) is 4.98. The van der Waals surface area contributed by atoms with Crippen molar-refractivity contribution in [2.75, 3.05) is 13.1 Å². The highest BCUT2D eigenvalue weighted by Gasteiger charge is 2.79. The number of carbonyl (C=O) groups is 4.